The summed E-state index contributed by atoms with van der Waals surface area (Å²) in [5.74, 6) is -9.51. The van der Waals surface area contributed by atoms with E-state index in [1.54, 1.807) is 20.8 Å². The third-order valence-corrected chi connectivity index (χ3v) is 4.25. The van der Waals surface area contributed by atoms with Crippen molar-refractivity contribution in [1.29, 1.82) is 0 Å². The predicted molar refractivity (Wildman–Crippen MR) is 68.8 cm³/mol. The average molecular weight is 301 g/mol. The summed E-state index contributed by atoms with van der Waals surface area (Å²) in [6.45, 7) is 7.06. The van der Waals surface area contributed by atoms with Crippen LogP contribution in [0.1, 0.15) is 33.3 Å². The van der Waals surface area contributed by atoms with Crippen molar-refractivity contribution in [3.05, 3.63) is 57.4 Å². The minimum absolute atomic E-state index is 0.334. The molecule has 0 aromatic heterocycles. The van der Waals surface area contributed by atoms with Crippen molar-refractivity contribution >= 4 is 0 Å². The van der Waals surface area contributed by atoms with E-state index in [1.807, 2.05) is 6.92 Å². The Bertz CT molecular complexity index is 655. The molecule has 1 radical (unpaired) electrons. The Balaban J connectivity index is 2.57. The predicted octanol–water partition coefficient (Wildman–Crippen LogP) is 5.03. The van der Waals surface area contributed by atoms with E-state index in [1.165, 1.54) is 0 Å². The van der Waals surface area contributed by atoms with Gasteiger partial charge >= 0.3 is 0 Å². The highest BCUT2D eigenvalue weighted by molar-refractivity contribution is 5.43. The molecule has 5 heteroatoms. The topological polar surface area (TPSA) is 0 Å². The molecule has 0 fully saturated rings. The Morgan fingerprint density at radius 2 is 1.24 bits per heavy atom. The molecule has 0 N–H and O–H groups in total. The van der Waals surface area contributed by atoms with E-state index in [-0.39, 0.29) is 6.42 Å². The van der Waals surface area contributed by atoms with Crippen molar-refractivity contribution in [1.82, 2.24) is 0 Å². The van der Waals surface area contributed by atoms with Gasteiger partial charge in [-0.3, -0.25) is 0 Å². The third kappa shape index (κ3) is 2.28. The SMILES string of the molecule is CC1=[C]C(C)(Cc2c(F)c(F)c(F)c(F)c2F)C(C)=C1C. The normalized spacial score (nSPS) is 22.0. The van der Waals surface area contributed by atoms with Crippen molar-refractivity contribution in [2.45, 2.75) is 34.1 Å². The van der Waals surface area contributed by atoms with Crippen LogP contribution in [0.2, 0.25) is 0 Å². The van der Waals surface area contributed by atoms with Gasteiger partial charge in [-0.25, -0.2) is 22.0 Å². The van der Waals surface area contributed by atoms with E-state index < -0.39 is 40.1 Å². The molecule has 0 nitrogen and oxygen atoms in total. The van der Waals surface area contributed by atoms with Crippen LogP contribution in [0.25, 0.3) is 0 Å². The molecule has 0 aliphatic heterocycles. The highest BCUT2D eigenvalue weighted by atomic mass is 19.2. The summed E-state index contributed by atoms with van der Waals surface area (Å²) in [4.78, 5) is 0. The minimum atomic E-state index is -2.13. The van der Waals surface area contributed by atoms with Crippen LogP contribution in [0.4, 0.5) is 22.0 Å². The summed E-state index contributed by atoms with van der Waals surface area (Å²) in [6, 6.07) is 0. The smallest absolute Gasteiger partial charge is 0.200 e. The van der Waals surface area contributed by atoms with Crippen molar-refractivity contribution in [3.63, 3.8) is 0 Å². The zero-order chi connectivity index (χ0) is 16.1. The fourth-order valence-corrected chi connectivity index (χ4v) is 2.63. The van der Waals surface area contributed by atoms with Crippen LogP contribution in [0.3, 0.4) is 0 Å². The molecule has 1 atom stereocenters. The lowest BCUT2D eigenvalue weighted by Crippen LogP contribution is -2.20. The van der Waals surface area contributed by atoms with Crippen LogP contribution < -0.4 is 0 Å². The largest absolute Gasteiger partial charge is 0.203 e. The van der Waals surface area contributed by atoms with E-state index in [9.17, 15) is 22.0 Å². The van der Waals surface area contributed by atoms with E-state index in [0.29, 0.717) is 0 Å². The van der Waals surface area contributed by atoms with Crippen molar-refractivity contribution < 1.29 is 22.0 Å². The molecule has 1 aliphatic rings. The first-order valence-corrected chi connectivity index (χ1v) is 6.40. The lowest BCUT2D eigenvalue weighted by atomic mass is 9.79. The highest BCUT2D eigenvalue weighted by Gasteiger charge is 2.36. The number of hydrogen-bond donors (Lipinski definition) is 0. The monoisotopic (exact) mass is 301 g/mol. The highest BCUT2D eigenvalue weighted by Crippen LogP contribution is 2.43. The second kappa shape index (κ2) is 4.97. The van der Waals surface area contributed by atoms with Gasteiger partial charge in [0.25, 0.3) is 0 Å². The maximum Gasteiger partial charge on any atom is 0.200 e. The Morgan fingerprint density at radius 1 is 0.810 bits per heavy atom. The first-order chi connectivity index (χ1) is 9.60. The Kier molecular flexibility index (Phi) is 3.72. The molecule has 1 aliphatic carbocycles. The molecule has 0 heterocycles. The summed E-state index contributed by atoms with van der Waals surface area (Å²) in [5.41, 5.74) is 0.861. The fourth-order valence-electron chi connectivity index (χ4n) is 2.63. The lowest BCUT2D eigenvalue weighted by Gasteiger charge is -2.25. The number of halogens is 5. The summed E-state index contributed by atoms with van der Waals surface area (Å²) >= 11 is 0. The van der Waals surface area contributed by atoms with Crippen LogP contribution in [0.15, 0.2) is 16.7 Å². The Hall–Kier alpha value is -1.65. The van der Waals surface area contributed by atoms with Gasteiger partial charge in [-0.05, 0) is 44.4 Å². The quantitative estimate of drug-likeness (QED) is 0.408. The molecule has 0 saturated carbocycles. The van der Waals surface area contributed by atoms with Crippen LogP contribution in [-0.4, -0.2) is 0 Å². The number of hydrogen-bond acceptors (Lipinski definition) is 0. The molecule has 0 amide bonds. The second-order valence-electron chi connectivity index (χ2n) is 5.56. The van der Waals surface area contributed by atoms with Crippen LogP contribution in [-0.2, 0) is 6.42 Å². The molecule has 2 rings (SSSR count). The molecule has 0 bridgehead atoms. The molecule has 1 aromatic rings. The van der Waals surface area contributed by atoms with Gasteiger partial charge in [0.15, 0.2) is 23.3 Å². The van der Waals surface area contributed by atoms with Crippen molar-refractivity contribution in [2.24, 2.45) is 5.41 Å². The summed E-state index contributed by atoms with van der Waals surface area (Å²) in [5, 5.41) is 0. The van der Waals surface area contributed by atoms with Gasteiger partial charge in [0.05, 0.1) is 0 Å². The third-order valence-electron chi connectivity index (χ3n) is 4.25. The van der Waals surface area contributed by atoms with Gasteiger partial charge in [-0.2, -0.15) is 0 Å². The molecule has 1 aromatic carbocycles. The molecule has 1 unspecified atom stereocenters. The molecule has 21 heavy (non-hydrogen) atoms. The molecular formula is C16H14F5. The average Bonchev–Trinajstić information content (AvgIpc) is 2.63. The summed E-state index contributed by atoms with van der Waals surface area (Å²) in [7, 11) is 0. The second-order valence-corrected chi connectivity index (χ2v) is 5.56. The van der Waals surface area contributed by atoms with Gasteiger partial charge in [-0.15, -0.1) is 0 Å². The van der Waals surface area contributed by atoms with Gasteiger partial charge in [0.1, 0.15) is 0 Å². The number of allylic oxidation sites excluding steroid dienone is 4. The van der Waals surface area contributed by atoms with Gasteiger partial charge in [0, 0.05) is 11.0 Å². The Labute approximate surface area is 120 Å². The van der Waals surface area contributed by atoms with Crippen molar-refractivity contribution in [2.75, 3.05) is 0 Å². The number of rotatable bonds is 2. The van der Waals surface area contributed by atoms with Crippen LogP contribution in [0.5, 0.6) is 0 Å². The van der Waals surface area contributed by atoms with Gasteiger partial charge < -0.3 is 0 Å². The Morgan fingerprint density at radius 3 is 1.62 bits per heavy atom. The number of benzene rings is 1. The molecular weight excluding hydrogens is 287 g/mol. The fraction of sp³-hybridized carbons (Fsp3) is 0.375. The maximum atomic E-state index is 13.8. The standard InChI is InChI=1S/C16H14F5/c1-7-5-16(4,9(3)8(7)2)6-10-11(17)13(19)15(21)14(20)12(10)18/h6H2,1-4H3. The first kappa shape index (κ1) is 15.7. The summed E-state index contributed by atoms with van der Waals surface area (Å²) in [6.07, 6.45) is 2.72. The minimum Gasteiger partial charge on any atom is -0.203 e. The molecule has 113 valence electrons. The van der Waals surface area contributed by atoms with Crippen LogP contribution >= 0.6 is 0 Å². The van der Waals surface area contributed by atoms with Crippen molar-refractivity contribution in [3.8, 4) is 0 Å². The van der Waals surface area contributed by atoms with E-state index in [4.69, 9.17) is 0 Å². The van der Waals surface area contributed by atoms with Crippen LogP contribution in [0, 0.1) is 40.6 Å². The maximum absolute atomic E-state index is 13.8. The first-order valence-electron chi connectivity index (χ1n) is 6.40. The van der Waals surface area contributed by atoms with Gasteiger partial charge in [-0.1, -0.05) is 12.5 Å². The zero-order valence-electron chi connectivity index (χ0n) is 12.1. The summed E-state index contributed by atoms with van der Waals surface area (Å²) < 4.78 is 67.1. The van der Waals surface area contributed by atoms with E-state index in [2.05, 4.69) is 6.08 Å². The van der Waals surface area contributed by atoms with E-state index in [0.717, 1.165) is 16.7 Å². The lowest BCUT2D eigenvalue weighted by molar-refractivity contribution is 0.359. The molecule has 0 saturated heterocycles. The zero-order valence-corrected chi connectivity index (χ0v) is 12.1. The van der Waals surface area contributed by atoms with E-state index >= 15 is 0 Å². The van der Waals surface area contributed by atoms with Gasteiger partial charge in [0.2, 0.25) is 5.82 Å². The molecule has 0 spiro atoms.